The Bertz CT molecular complexity index is 123. The van der Waals surface area contributed by atoms with Gasteiger partial charge in [-0.15, -0.1) is 0 Å². The van der Waals surface area contributed by atoms with Crippen molar-refractivity contribution < 1.29 is 16.7 Å². The van der Waals surface area contributed by atoms with Crippen molar-refractivity contribution in [3.63, 3.8) is 0 Å². The molecule has 0 spiro atoms. The Hall–Kier alpha value is -0.160. The zero-order valence-electron chi connectivity index (χ0n) is 5.94. The molecule has 1 fully saturated rings. The fourth-order valence-electron chi connectivity index (χ4n) is 0.882. The number of aliphatic hydroxyl groups is 3. The molecule has 0 aliphatic carbocycles. The van der Waals surface area contributed by atoms with Crippen LogP contribution in [0.15, 0.2) is 0 Å². The Kier molecular flexibility index (Phi) is 1.63. The molecule has 0 saturated carbocycles. The first-order valence-electron chi connectivity index (χ1n) is 3.34. The number of nitrogens with one attached hydrogen (secondary N) is 1. The van der Waals surface area contributed by atoms with Gasteiger partial charge in [-0.2, -0.15) is 0 Å². The van der Waals surface area contributed by atoms with Gasteiger partial charge in [0.15, 0.2) is 0 Å². The first kappa shape index (κ1) is 5.61. The third kappa shape index (κ3) is 1.21. The van der Waals surface area contributed by atoms with Crippen LogP contribution >= 0.6 is 0 Å². The molecular formula is C5H11NO3. The first-order chi connectivity index (χ1) is 4.66. The van der Waals surface area contributed by atoms with Gasteiger partial charge in [-0.1, -0.05) is 0 Å². The lowest BCUT2D eigenvalue weighted by atomic mass is 10.1. The fraction of sp³-hybridized carbons (Fsp3) is 1.00. The van der Waals surface area contributed by atoms with E-state index in [9.17, 15) is 0 Å². The van der Waals surface area contributed by atoms with E-state index in [1.807, 2.05) is 0 Å². The average molecular weight is 134 g/mol. The average Bonchev–Trinajstić information content (AvgIpc) is 2.09. The van der Waals surface area contributed by atoms with Crippen LogP contribution in [-0.2, 0) is 0 Å². The zero-order valence-corrected chi connectivity index (χ0v) is 4.94. The quantitative estimate of drug-likeness (QED) is 0.324. The lowest BCUT2D eigenvalue weighted by molar-refractivity contribution is 0.0295. The number of hydrogen-bond acceptors (Lipinski definition) is 4. The minimum Gasteiger partial charge on any atom is -0.395 e. The van der Waals surface area contributed by atoms with Gasteiger partial charge in [0, 0.05) is 6.54 Å². The second-order valence-electron chi connectivity index (χ2n) is 2.17. The Morgan fingerprint density at radius 3 is 2.56 bits per heavy atom. The SMILES string of the molecule is [2H]N1C[C@H](O)[C@@H](O)[C@H]1CO. The van der Waals surface area contributed by atoms with Crippen LogP contribution in [0.2, 0.25) is 1.41 Å². The molecule has 1 heterocycles. The van der Waals surface area contributed by atoms with Gasteiger partial charge >= 0.3 is 0 Å². The third-order valence-corrected chi connectivity index (χ3v) is 1.50. The molecule has 0 aromatic carbocycles. The van der Waals surface area contributed by atoms with Crippen molar-refractivity contribution in [2.24, 2.45) is 0 Å². The molecule has 4 N–H and O–H groups in total. The topological polar surface area (TPSA) is 72.7 Å². The number of β-amino-alcohol motifs (C(OH)–C–C–N with tert-alkyl or cyclic N) is 1. The summed E-state index contributed by atoms with van der Waals surface area (Å²) >= 11 is 0. The summed E-state index contributed by atoms with van der Waals surface area (Å²) in [6.07, 6.45) is -1.88. The van der Waals surface area contributed by atoms with E-state index in [1.54, 1.807) is 0 Å². The third-order valence-electron chi connectivity index (χ3n) is 1.50. The molecule has 0 radical (unpaired) electrons. The lowest BCUT2D eigenvalue weighted by Gasteiger charge is -2.11. The van der Waals surface area contributed by atoms with Crippen LogP contribution in [0.3, 0.4) is 0 Å². The minimum absolute atomic E-state index is 0.104. The Morgan fingerprint density at radius 2 is 2.33 bits per heavy atom. The van der Waals surface area contributed by atoms with Crippen LogP contribution < -0.4 is 5.31 Å². The molecule has 3 atom stereocenters. The first-order valence-corrected chi connectivity index (χ1v) is 2.89. The molecule has 9 heavy (non-hydrogen) atoms. The van der Waals surface area contributed by atoms with E-state index in [0.29, 0.717) is 0 Å². The standard InChI is InChI=1S/C5H11NO3/c7-2-3-5(9)4(8)1-6-3/h3-9H,1-2H2/t3-,4+,5+/m1/s1/i/hD. The van der Waals surface area contributed by atoms with Crippen molar-refractivity contribution in [1.29, 1.82) is 0 Å². The Morgan fingerprint density at radius 1 is 1.67 bits per heavy atom. The van der Waals surface area contributed by atoms with Gasteiger partial charge in [-0.3, -0.25) is 0 Å². The molecule has 0 amide bonds. The summed E-state index contributed by atoms with van der Waals surface area (Å²) in [5.41, 5.74) is 0. The van der Waals surface area contributed by atoms with Crippen LogP contribution in [0.4, 0.5) is 0 Å². The van der Waals surface area contributed by atoms with E-state index < -0.39 is 18.2 Å². The van der Waals surface area contributed by atoms with Crippen molar-refractivity contribution in [1.82, 2.24) is 5.31 Å². The van der Waals surface area contributed by atoms with Crippen LogP contribution in [0.1, 0.15) is 0 Å². The second-order valence-corrected chi connectivity index (χ2v) is 2.17. The smallest absolute Gasteiger partial charge is 0.123 e. The molecule has 0 aromatic heterocycles. The molecule has 4 nitrogen and oxygen atoms in total. The summed E-state index contributed by atoms with van der Waals surface area (Å²) in [5, 5.41) is 27.6. The molecule has 54 valence electrons. The number of rotatable bonds is 1. The highest BCUT2D eigenvalue weighted by Gasteiger charge is 2.31. The largest absolute Gasteiger partial charge is 0.395 e. The van der Waals surface area contributed by atoms with Crippen LogP contribution in [-0.4, -0.2) is 46.7 Å². The van der Waals surface area contributed by atoms with Gasteiger partial charge in [-0.05, 0) is 0 Å². The molecule has 0 aromatic rings. The van der Waals surface area contributed by atoms with Gasteiger partial charge in [0.2, 0.25) is 0 Å². The molecule has 4 heteroatoms. The summed E-state index contributed by atoms with van der Waals surface area (Å²) in [5.74, 6) is 0. The van der Waals surface area contributed by atoms with Crippen molar-refractivity contribution >= 4 is 0 Å². The molecule has 0 unspecified atom stereocenters. The maximum Gasteiger partial charge on any atom is 0.123 e. The van der Waals surface area contributed by atoms with Crippen molar-refractivity contribution in [2.75, 3.05) is 13.2 Å². The highest BCUT2D eigenvalue weighted by molar-refractivity contribution is 4.89. The van der Waals surface area contributed by atoms with Crippen LogP contribution in [0, 0.1) is 0 Å². The van der Waals surface area contributed by atoms with Crippen molar-refractivity contribution in [3.8, 4) is 0 Å². The van der Waals surface area contributed by atoms with E-state index in [1.165, 1.54) is 0 Å². The molecule has 1 saturated heterocycles. The Labute approximate surface area is 54.6 Å². The predicted molar refractivity (Wildman–Crippen MR) is 30.9 cm³/mol. The van der Waals surface area contributed by atoms with Crippen molar-refractivity contribution in [3.05, 3.63) is 0 Å². The zero-order chi connectivity index (χ0) is 7.72. The summed E-state index contributed by atoms with van der Waals surface area (Å²) < 4.78 is 7.10. The summed E-state index contributed by atoms with van der Waals surface area (Å²) in [7, 11) is 0. The maximum absolute atomic E-state index is 9.06. The van der Waals surface area contributed by atoms with Gasteiger partial charge in [0.05, 0.1) is 24.9 Å². The predicted octanol–water partition coefficient (Wildman–Crippen LogP) is -2.33. The molecule has 1 aliphatic heterocycles. The molecular weight excluding hydrogens is 122 g/mol. The van der Waals surface area contributed by atoms with Gasteiger partial charge in [0.1, 0.15) is 1.41 Å². The summed E-state index contributed by atoms with van der Waals surface area (Å²) in [6.45, 7) is -0.186. The van der Waals surface area contributed by atoms with Gasteiger partial charge in [-0.25, -0.2) is 0 Å². The maximum atomic E-state index is 9.06. The highest BCUT2D eigenvalue weighted by Crippen LogP contribution is 2.05. The Balaban J connectivity index is 2.55. The van der Waals surface area contributed by atoms with E-state index in [2.05, 4.69) is 0 Å². The molecule has 0 bridgehead atoms. The van der Waals surface area contributed by atoms with Gasteiger partial charge < -0.3 is 20.6 Å². The van der Waals surface area contributed by atoms with E-state index in [-0.39, 0.29) is 13.2 Å². The normalized spacial score (nSPS) is 47.4. The van der Waals surface area contributed by atoms with E-state index in [4.69, 9.17) is 16.7 Å². The minimum atomic E-state index is -0.984. The molecule has 1 aliphatic rings. The van der Waals surface area contributed by atoms with E-state index >= 15 is 0 Å². The van der Waals surface area contributed by atoms with Crippen molar-refractivity contribution in [2.45, 2.75) is 18.2 Å². The summed E-state index contributed by atoms with van der Waals surface area (Å²) in [4.78, 5) is 0. The van der Waals surface area contributed by atoms with Crippen LogP contribution in [0.5, 0.6) is 0 Å². The molecule has 1 rings (SSSR count). The fourth-order valence-corrected chi connectivity index (χ4v) is 0.882. The van der Waals surface area contributed by atoms with Crippen LogP contribution in [0.25, 0.3) is 0 Å². The monoisotopic (exact) mass is 134 g/mol. The second kappa shape index (κ2) is 2.62. The van der Waals surface area contributed by atoms with Gasteiger partial charge in [0.25, 0.3) is 0 Å². The number of hydrogen-bond donors (Lipinski definition) is 4. The lowest BCUT2D eigenvalue weighted by Crippen LogP contribution is -2.35. The van der Waals surface area contributed by atoms with E-state index in [0.717, 1.165) is 5.31 Å². The summed E-state index contributed by atoms with van der Waals surface area (Å²) in [6, 6.07) is -0.630. The number of aliphatic hydroxyl groups excluding tert-OH is 3. The highest BCUT2D eigenvalue weighted by atomic mass is 16.3.